The maximum atomic E-state index is 12.5. The normalized spacial score (nSPS) is 15.0. The lowest BCUT2D eigenvalue weighted by molar-refractivity contribution is -0.188. The summed E-state index contributed by atoms with van der Waals surface area (Å²) in [7, 11) is -2.00. The Morgan fingerprint density at radius 2 is 1.89 bits per heavy atom. The van der Waals surface area contributed by atoms with Gasteiger partial charge in [-0.05, 0) is 37.1 Å². The number of carboxylic acids is 1. The van der Waals surface area contributed by atoms with Crippen LogP contribution in [-0.2, 0) is 15.6 Å². The van der Waals surface area contributed by atoms with Gasteiger partial charge in [0.15, 0.2) is 5.92 Å². The van der Waals surface area contributed by atoms with Crippen molar-refractivity contribution in [1.29, 1.82) is 0 Å². The Morgan fingerprint density at radius 1 is 1.32 bits per heavy atom. The largest absolute Gasteiger partial charge is 0.481 e. The molecule has 0 saturated carbocycles. The van der Waals surface area contributed by atoms with E-state index < -0.39 is 34.6 Å². The quantitative estimate of drug-likeness (QED) is 0.929. The van der Waals surface area contributed by atoms with E-state index >= 15 is 0 Å². The number of aliphatic carboxylic acids is 1. The summed E-state index contributed by atoms with van der Waals surface area (Å²) < 4.78 is 49.2. The third-order valence-electron chi connectivity index (χ3n) is 2.75. The molecule has 2 unspecified atom stereocenters. The number of hydrogen-bond acceptors (Lipinski definition) is 2. The molecule has 1 rings (SSSR count). The summed E-state index contributed by atoms with van der Waals surface area (Å²) in [5.74, 6) is -5.60. The lowest BCUT2D eigenvalue weighted by Crippen LogP contribution is -2.35. The third-order valence-corrected chi connectivity index (χ3v) is 4.17. The van der Waals surface area contributed by atoms with Gasteiger partial charge in [0.1, 0.15) is 0 Å². The monoisotopic (exact) mass is 294 g/mol. The molecule has 1 aromatic rings. The van der Waals surface area contributed by atoms with Gasteiger partial charge in [0.2, 0.25) is 0 Å². The number of carboxylic acid groups (broad SMARTS) is 1. The Labute approximate surface area is 110 Å². The fraction of sp³-hybridized carbons (Fsp3) is 0.417. The second-order valence-corrected chi connectivity index (χ2v) is 5.69. The number of halogens is 3. The topological polar surface area (TPSA) is 54.4 Å². The molecule has 7 heteroatoms. The van der Waals surface area contributed by atoms with E-state index in [1.54, 1.807) is 13.0 Å². The number of alkyl halides is 3. The summed E-state index contributed by atoms with van der Waals surface area (Å²) in [5.41, 5.74) is 1.72. The summed E-state index contributed by atoms with van der Waals surface area (Å²) in [6.07, 6.45) is -4.90. The highest BCUT2D eigenvalue weighted by Crippen LogP contribution is 2.28. The molecule has 1 aromatic carbocycles. The first-order valence-corrected chi connectivity index (χ1v) is 6.70. The molecular weight excluding hydrogens is 281 g/mol. The number of aryl methyl sites for hydroxylation is 2. The highest BCUT2D eigenvalue weighted by molar-refractivity contribution is 7.85. The molecule has 0 heterocycles. The maximum absolute atomic E-state index is 12.5. The van der Waals surface area contributed by atoms with E-state index in [0.717, 1.165) is 11.1 Å². The van der Waals surface area contributed by atoms with Crippen molar-refractivity contribution in [2.45, 2.75) is 24.9 Å². The number of hydrogen-bond donors (Lipinski definition) is 1. The minimum absolute atomic E-state index is 0.207. The van der Waals surface area contributed by atoms with Gasteiger partial charge < -0.3 is 5.11 Å². The summed E-state index contributed by atoms with van der Waals surface area (Å²) in [6.45, 7) is 3.56. The standard InChI is InChI=1S/C12H13F3O3S/c1-7-3-4-9(5-8(7)2)19(18)6-10(11(16)17)12(13,14)15/h3-5,10H,6H2,1-2H3,(H,16,17). The zero-order valence-corrected chi connectivity index (χ0v) is 11.1. The first-order valence-electron chi connectivity index (χ1n) is 5.38. The van der Waals surface area contributed by atoms with Gasteiger partial charge in [-0.3, -0.25) is 9.00 Å². The number of carbonyl (C=O) groups is 1. The molecule has 0 bridgehead atoms. The predicted octanol–water partition coefficient (Wildman–Crippen LogP) is 2.67. The van der Waals surface area contributed by atoms with Gasteiger partial charge in [0, 0.05) is 4.90 Å². The predicted molar refractivity (Wildman–Crippen MR) is 64.4 cm³/mol. The van der Waals surface area contributed by atoms with Crippen molar-refractivity contribution in [2.75, 3.05) is 5.75 Å². The molecule has 2 atom stereocenters. The fourth-order valence-corrected chi connectivity index (χ4v) is 2.76. The summed E-state index contributed by atoms with van der Waals surface area (Å²) >= 11 is 0. The zero-order valence-electron chi connectivity index (χ0n) is 10.3. The van der Waals surface area contributed by atoms with Crippen molar-refractivity contribution in [1.82, 2.24) is 0 Å². The lowest BCUT2D eigenvalue weighted by atomic mass is 10.1. The maximum Gasteiger partial charge on any atom is 0.403 e. The first-order chi connectivity index (χ1) is 8.62. The average Bonchev–Trinajstić information content (AvgIpc) is 2.27. The van der Waals surface area contributed by atoms with Gasteiger partial charge in [-0.25, -0.2) is 0 Å². The molecule has 0 amide bonds. The van der Waals surface area contributed by atoms with Crippen LogP contribution in [0.5, 0.6) is 0 Å². The number of rotatable bonds is 4. The van der Waals surface area contributed by atoms with E-state index in [1.807, 2.05) is 6.92 Å². The van der Waals surface area contributed by atoms with E-state index in [1.165, 1.54) is 12.1 Å². The minimum Gasteiger partial charge on any atom is -0.481 e. The smallest absolute Gasteiger partial charge is 0.403 e. The van der Waals surface area contributed by atoms with Crippen LogP contribution in [0, 0.1) is 19.8 Å². The van der Waals surface area contributed by atoms with Crippen molar-refractivity contribution < 1.29 is 27.3 Å². The molecule has 0 fully saturated rings. The van der Waals surface area contributed by atoms with Crippen molar-refractivity contribution >= 4 is 16.8 Å². The molecule has 0 aliphatic rings. The van der Waals surface area contributed by atoms with Crippen LogP contribution in [-0.4, -0.2) is 27.2 Å². The van der Waals surface area contributed by atoms with E-state index in [4.69, 9.17) is 5.11 Å². The van der Waals surface area contributed by atoms with Crippen molar-refractivity contribution in [3.63, 3.8) is 0 Å². The Hall–Kier alpha value is -1.37. The van der Waals surface area contributed by atoms with Gasteiger partial charge in [-0.1, -0.05) is 6.07 Å². The average molecular weight is 294 g/mol. The Morgan fingerprint density at radius 3 is 2.32 bits per heavy atom. The number of benzene rings is 1. The molecule has 3 nitrogen and oxygen atoms in total. The molecular formula is C12H13F3O3S. The van der Waals surface area contributed by atoms with E-state index in [0.29, 0.717) is 0 Å². The van der Waals surface area contributed by atoms with Crippen molar-refractivity contribution in [3.8, 4) is 0 Å². The van der Waals surface area contributed by atoms with Crippen LogP contribution >= 0.6 is 0 Å². The SMILES string of the molecule is Cc1ccc(S(=O)CC(C(=O)O)C(F)(F)F)cc1C. The van der Waals surface area contributed by atoms with Crippen LogP contribution in [0.15, 0.2) is 23.1 Å². The van der Waals surface area contributed by atoms with Crippen LogP contribution < -0.4 is 0 Å². The molecule has 1 N–H and O–H groups in total. The highest BCUT2D eigenvalue weighted by atomic mass is 32.2. The molecule has 0 spiro atoms. The van der Waals surface area contributed by atoms with Crippen LogP contribution in [0.2, 0.25) is 0 Å². The van der Waals surface area contributed by atoms with Gasteiger partial charge >= 0.3 is 12.1 Å². The van der Waals surface area contributed by atoms with Crippen LogP contribution in [0.4, 0.5) is 13.2 Å². The molecule has 19 heavy (non-hydrogen) atoms. The highest BCUT2D eigenvalue weighted by Gasteiger charge is 2.46. The molecule has 0 radical (unpaired) electrons. The molecule has 106 valence electrons. The van der Waals surface area contributed by atoms with E-state index in [9.17, 15) is 22.2 Å². The van der Waals surface area contributed by atoms with Crippen molar-refractivity contribution in [3.05, 3.63) is 29.3 Å². The van der Waals surface area contributed by atoms with Crippen LogP contribution in [0.25, 0.3) is 0 Å². The summed E-state index contributed by atoms with van der Waals surface area (Å²) in [5, 5.41) is 8.55. The summed E-state index contributed by atoms with van der Waals surface area (Å²) in [6, 6.07) is 4.61. The first kappa shape index (κ1) is 15.7. The minimum atomic E-state index is -4.90. The molecule has 0 aliphatic heterocycles. The molecule has 0 saturated heterocycles. The Balaban J connectivity index is 2.94. The Bertz CT molecular complexity index is 511. The second-order valence-electron chi connectivity index (χ2n) is 4.19. The van der Waals surface area contributed by atoms with E-state index in [-0.39, 0.29) is 4.90 Å². The Kier molecular flexibility index (Phi) is 4.73. The van der Waals surface area contributed by atoms with E-state index in [2.05, 4.69) is 0 Å². The molecule has 0 aliphatic carbocycles. The van der Waals surface area contributed by atoms with Gasteiger partial charge in [-0.15, -0.1) is 0 Å². The molecule has 0 aromatic heterocycles. The van der Waals surface area contributed by atoms with Crippen LogP contribution in [0.1, 0.15) is 11.1 Å². The zero-order chi connectivity index (χ0) is 14.8. The second kappa shape index (κ2) is 5.73. The fourth-order valence-electron chi connectivity index (χ4n) is 1.41. The summed E-state index contributed by atoms with van der Waals surface area (Å²) in [4.78, 5) is 10.8. The van der Waals surface area contributed by atoms with Gasteiger partial charge in [0.25, 0.3) is 0 Å². The van der Waals surface area contributed by atoms with Crippen molar-refractivity contribution in [2.24, 2.45) is 5.92 Å². The van der Waals surface area contributed by atoms with Crippen LogP contribution in [0.3, 0.4) is 0 Å². The van der Waals surface area contributed by atoms with Gasteiger partial charge in [-0.2, -0.15) is 13.2 Å². The van der Waals surface area contributed by atoms with Gasteiger partial charge in [0.05, 0.1) is 16.6 Å². The third kappa shape index (κ3) is 4.05. The lowest BCUT2D eigenvalue weighted by Gasteiger charge is -2.15.